The Balaban J connectivity index is 1.97. The first-order valence-electron chi connectivity index (χ1n) is 5.80. The van der Waals surface area contributed by atoms with Gasteiger partial charge in [0, 0.05) is 20.6 Å². The third kappa shape index (κ3) is 2.20. The summed E-state index contributed by atoms with van der Waals surface area (Å²) in [6, 6.07) is 8.37. The molecule has 0 fully saturated rings. The Morgan fingerprint density at radius 3 is 2.94 bits per heavy atom. The lowest BCUT2D eigenvalue weighted by atomic mass is 10.1. The number of thiophene rings is 1. The number of hydrogen-bond acceptors (Lipinski definition) is 2. The summed E-state index contributed by atoms with van der Waals surface area (Å²) < 4.78 is 6.62. The number of aryl methyl sites for hydroxylation is 1. The molecule has 1 atom stereocenters. The molecule has 0 saturated heterocycles. The van der Waals surface area contributed by atoms with Crippen molar-refractivity contribution in [2.24, 2.45) is 0 Å². The number of rotatable bonds is 2. The van der Waals surface area contributed by atoms with Crippen LogP contribution >= 0.6 is 38.9 Å². The van der Waals surface area contributed by atoms with E-state index in [0.29, 0.717) is 0 Å². The van der Waals surface area contributed by atoms with Crippen LogP contribution in [0.15, 0.2) is 28.7 Å². The van der Waals surface area contributed by atoms with Gasteiger partial charge >= 0.3 is 0 Å². The molecule has 0 spiro atoms. The topological polar surface area (TPSA) is 9.23 Å². The minimum Gasteiger partial charge on any atom is -0.493 e. The number of ether oxygens (including phenoxy) is 1. The van der Waals surface area contributed by atoms with E-state index in [4.69, 9.17) is 16.3 Å². The molecule has 1 aliphatic rings. The predicted molar refractivity (Wildman–Crippen MR) is 80.1 cm³/mol. The van der Waals surface area contributed by atoms with Crippen molar-refractivity contribution in [1.82, 2.24) is 0 Å². The van der Waals surface area contributed by atoms with E-state index < -0.39 is 0 Å². The van der Waals surface area contributed by atoms with E-state index in [1.165, 1.54) is 15.3 Å². The summed E-state index contributed by atoms with van der Waals surface area (Å²) in [4.78, 5) is 2.44. The molecule has 0 bridgehead atoms. The molecule has 0 N–H and O–H groups in total. The SMILES string of the molecule is Cc1cc(Br)c(C(Cl)c2ccc3c(c2)CCO3)s1. The van der Waals surface area contributed by atoms with Crippen LogP contribution in [-0.2, 0) is 6.42 Å². The highest BCUT2D eigenvalue weighted by Crippen LogP contribution is 2.40. The van der Waals surface area contributed by atoms with Crippen LogP contribution < -0.4 is 4.74 Å². The van der Waals surface area contributed by atoms with Gasteiger partial charge in [-0.15, -0.1) is 22.9 Å². The van der Waals surface area contributed by atoms with Crippen molar-refractivity contribution in [1.29, 1.82) is 0 Å². The zero-order chi connectivity index (χ0) is 12.7. The Hall–Kier alpha value is -0.510. The molecule has 1 unspecified atom stereocenters. The van der Waals surface area contributed by atoms with E-state index in [0.717, 1.165) is 28.8 Å². The average molecular weight is 344 g/mol. The lowest BCUT2D eigenvalue weighted by Crippen LogP contribution is -1.92. The molecule has 0 amide bonds. The Morgan fingerprint density at radius 2 is 2.22 bits per heavy atom. The zero-order valence-corrected chi connectivity index (χ0v) is 13.0. The van der Waals surface area contributed by atoms with Crippen LogP contribution in [0.1, 0.15) is 26.3 Å². The minimum atomic E-state index is -0.0935. The van der Waals surface area contributed by atoms with Crippen molar-refractivity contribution in [2.75, 3.05) is 6.61 Å². The number of hydrogen-bond donors (Lipinski definition) is 0. The van der Waals surface area contributed by atoms with Gasteiger partial charge in [0.2, 0.25) is 0 Å². The maximum Gasteiger partial charge on any atom is 0.122 e. The number of fused-ring (bicyclic) bond motifs is 1. The van der Waals surface area contributed by atoms with Gasteiger partial charge < -0.3 is 4.74 Å². The first-order valence-corrected chi connectivity index (χ1v) is 7.85. The lowest BCUT2D eigenvalue weighted by Gasteiger charge is -2.10. The van der Waals surface area contributed by atoms with Gasteiger partial charge in [-0.05, 0) is 46.1 Å². The highest BCUT2D eigenvalue weighted by Gasteiger charge is 2.19. The van der Waals surface area contributed by atoms with E-state index in [2.05, 4.69) is 41.1 Å². The van der Waals surface area contributed by atoms with Gasteiger partial charge in [-0.25, -0.2) is 0 Å². The molecule has 2 aromatic rings. The Morgan fingerprint density at radius 1 is 1.39 bits per heavy atom. The first kappa shape index (κ1) is 12.5. The van der Waals surface area contributed by atoms with E-state index in [1.54, 1.807) is 11.3 Å². The van der Waals surface area contributed by atoms with E-state index in [-0.39, 0.29) is 5.38 Å². The number of alkyl halides is 1. The standard InChI is InChI=1S/C14H12BrClOS/c1-8-6-11(15)14(18-8)13(16)10-2-3-12-9(7-10)4-5-17-12/h2-3,6-7,13H,4-5H2,1H3. The van der Waals surface area contributed by atoms with Gasteiger partial charge in [-0.3, -0.25) is 0 Å². The van der Waals surface area contributed by atoms with Gasteiger partial charge in [0.15, 0.2) is 0 Å². The molecule has 0 saturated carbocycles. The molecule has 0 radical (unpaired) electrons. The molecular weight excluding hydrogens is 332 g/mol. The fourth-order valence-electron chi connectivity index (χ4n) is 2.19. The molecule has 1 nitrogen and oxygen atoms in total. The van der Waals surface area contributed by atoms with Crippen molar-refractivity contribution in [2.45, 2.75) is 18.7 Å². The molecular formula is C14H12BrClOS. The fraction of sp³-hybridized carbons (Fsp3) is 0.286. The highest BCUT2D eigenvalue weighted by atomic mass is 79.9. The normalized spacial score (nSPS) is 15.3. The van der Waals surface area contributed by atoms with Gasteiger partial charge in [0.1, 0.15) is 5.75 Å². The Bertz CT molecular complexity index is 593. The molecule has 18 heavy (non-hydrogen) atoms. The summed E-state index contributed by atoms with van der Waals surface area (Å²) in [5, 5.41) is -0.0935. The number of benzene rings is 1. The lowest BCUT2D eigenvalue weighted by molar-refractivity contribution is 0.357. The van der Waals surface area contributed by atoms with Crippen molar-refractivity contribution in [3.8, 4) is 5.75 Å². The van der Waals surface area contributed by atoms with Gasteiger partial charge in [0.25, 0.3) is 0 Å². The summed E-state index contributed by atoms with van der Waals surface area (Å²) in [6.07, 6.45) is 0.984. The monoisotopic (exact) mass is 342 g/mol. The van der Waals surface area contributed by atoms with Crippen LogP contribution in [0.25, 0.3) is 0 Å². The zero-order valence-electron chi connectivity index (χ0n) is 9.87. The van der Waals surface area contributed by atoms with Crippen LogP contribution in [0, 0.1) is 6.92 Å². The highest BCUT2D eigenvalue weighted by molar-refractivity contribution is 9.10. The second kappa shape index (κ2) is 4.87. The second-order valence-corrected chi connectivity index (χ2v) is 6.98. The van der Waals surface area contributed by atoms with Crippen molar-refractivity contribution < 1.29 is 4.74 Å². The van der Waals surface area contributed by atoms with Gasteiger partial charge in [-0.2, -0.15) is 0 Å². The van der Waals surface area contributed by atoms with Crippen LogP contribution in [0.5, 0.6) is 5.75 Å². The van der Waals surface area contributed by atoms with Crippen LogP contribution in [0.3, 0.4) is 0 Å². The van der Waals surface area contributed by atoms with E-state index >= 15 is 0 Å². The average Bonchev–Trinajstić information content (AvgIpc) is 2.93. The third-order valence-corrected chi connectivity index (χ3v) is 5.71. The molecule has 1 aromatic heterocycles. The summed E-state index contributed by atoms with van der Waals surface area (Å²) in [6.45, 7) is 2.88. The van der Waals surface area contributed by atoms with Crippen molar-refractivity contribution >= 4 is 38.9 Å². The summed E-state index contributed by atoms with van der Waals surface area (Å²) in [5.41, 5.74) is 2.41. The van der Waals surface area contributed by atoms with Crippen molar-refractivity contribution in [3.63, 3.8) is 0 Å². The molecule has 3 rings (SSSR count). The fourth-order valence-corrected chi connectivity index (χ4v) is 4.59. The second-order valence-electron chi connectivity index (χ2n) is 4.40. The maximum atomic E-state index is 6.59. The largest absolute Gasteiger partial charge is 0.493 e. The van der Waals surface area contributed by atoms with Crippen LogP contribution in [-0.4, -0.2) is 6.61 Å². The smallest absolute Gasteiger partial charge is 0.122 e. The van der Waals surface area contributed by atoms with Crippen LogP contribution in [0.2, 0.25) is 0 Å². The maximum absolute atomic E-state index is 6.59. The Labute approximate surface area is 124 Å². The van der Waals surface area contributed by atoms with Gasteiger partial charge in [0.05, 0.1) is 12.0 Å². The Kier molecular flexibility index (Phi) is 3.39. The van der Waals surface area contributed by atoms with Crippen molar-refractivity contribution in [3.05, 3.63) is 49.6 Å². The quantitative estimate of drug-likeness (QED) is 0.691. The van der Waals surface area contributed by atoms with E-state index in [1.807, 2.05) is 6.07 Å². The summed E-state index contributed by atoms with van der Waals surface area (Å²) >= 11 is 11.9. The predicted octanol–water partition coefficient (Wildman–Crippen LogP) is 5.08. The van der Waals surface area contributed by atoms with Gasteiger partial charge in [-0.1, -0.05) is 12.1 Å². The molecule has 1 aliphatic heterocycles. The summed E-state index contributed by atoms with van der Waals surface area (Å²) in [5.74, 6) is 1.00. The third-order valence-electron chi connectivity index (χ3n) is 3.07. The molecule has 2 heterocycles. The molecule has 0 aliphatic carbocycles. The first-order chi connectivity index (χ1) is 8.65. The molecule has 4 heteroatoms. The number of halogens is 2. The summed E-state index contributed by atoms with van der Waals surface area (Å²) in [7, 11) is 0. The molecule has 94 valence electrons. The van der Waals surface area contributed by atoms with E-state index in [9.17, 15) is 0 Å². The molecule has 1 aromatic carbocycles. The van der Waals surface area contributed by atoms with Crippen LogP contribution in [0.4, 0.5) is 0 Å². The minimum absolute atomic E-state index is 0.0935.